The van der Waals surface area contributed by atoms with E-state index in [1.165, 1.54) is 0 Å². The maximum atomic E-state index is 12.3. The molecular formula is C12H13N5O2. The maximum Gasteiger partial charge on any atom is 0.253 e. The number of tetrazole rings is 1. The van der Waals surface area contributed by atoms with E-state index < -0.39 is 6.10 Å². The molecule has 1 aliphatic heterocycles. The van der Waals surface area contributed by atoms with Gasteiger partial charge in [0.15, 0.2) is 0 Å². The molecule has 1 aliphatic rings. The minimum atomic E-state index is -0.413. The normalized spacial score (nSPS) is 18.8. The smallest absolute Gasteiger partial charge is 0.253 e. The Morgan fingerprint density at radius 1 is 1.47 bits per heavy atom. The quantitative estimate of drug-likeness (QED) is 0.796. The number of hydrogen-bond donors (Lipinski definition) is 2. The van der Waals surface area contributed by atoms with Crippen LogP contribution < -0.4 is 0 Å². The van der Waals surface area contributed by atoms with Gasteiger partial charge in [-0.15, -0.1) is 10.2 Å². The highest BCUT2D eigenvalue weighted by molar-refractivity contribution is 5.95. The van der Waals surface area contributed by atoms with Crippen LogP contribution in [0.5, 0.6) is 0 Å². The minimum Gasteiger partial charge on any atom is -0.391 e. The summed E-state index contributed by atoms with van der Waals surface area (Å²) >= 11 is 0. The second kappa shape index (κ2) is 4.77. The van der Waals surface area contributed by atoms with Crippen molar-refractivity contribution in [1.82, 2.24) is 25.5 Å². The first-order chi connectivity index (χ1) is 9.24. The monoisotopic (exact) mass is 259 g/mol. The number of amides is 1. The van der Waals surface area contributed by atoms with Crippen LogP contribution in [0.2, 0.25) is 0 Å². The molecule has 1 amide bonds. The van der Waals surface area contributed by atoms with Gasteiger partial charge < -0.3 is 10.0 Å². The molecule has 0 spiro atoms. The fourth-order valence-corrected chi connectivity index (χ4v) is 2.18. The Kier molecular flexibility index (Phi) is 2.96. The fourth-order valence-electron chi connectivity index (χ4n) is 2.18. The molecule has 1 saturated heterocycles. The van der Waals surface area contributed by atoms with Crippen LogP contribution in [-0.2, 0) is 0 Å². The molecule has 19 heavy (non-hydrogen) atoms. The molecule has 0 bridgehead atoms. The molecule has 2 aromatic rings. The highest BCUT2D eigenvalue weighted by Gasteiger charge is 2.25. The van der Waals surface area contributed by atoms with Crippen LogP contribution >= 0.6 is 0 Å². The van der Waals surface area contributed by atoms with Crippen molar-refractivity contribution in [2.24, 2.45) is 0 Å². The summed E-state index contributed by atoms with van der Waals surface area (Å²) in [6.07, 6.45) is 0.223. The van der Waals surface area contributed by atoms with Crippen LogP contribution in [-0.4, -0.2) is 55.7 Å². The zero-order valence-electron chi connectivity index (χ0n) is 10.2. The number of nitrogens with zero attached hydrogens (tertiary/aromatic N) is 4. The summed E-state index contributed by atoms with van der Waals surface area (Å²) in [5.74, 6) is 0.373. The van der Waals surface area contributed by atoms with Gasteiger partial charge in [0.05, 0.1) is 6.10 Å². The summed E-state index contributed by atoms with van der Waals surface area (Å²) in [5, 5.41) is 23.1. The fraction of sp³-hybridized carbons (Fsp3) is 0.333. The average molecular weight is 259 g/mol. The van der Waals surface area contributed by atoms with E-state index in [0.717, 1.165) is 5.56 Å². The molecule has 1 fully saturated rings. The lowest BCUT2D eigenvalue weighted by Gasteiger charge is -2.15. The number of aliphatic hydroxyl groups excluding tert-OH is 1. The molecule has 2 N–H and O–H groups in total. The molecule has 1 atom stereocenters. The van der Waals surface area contributed by atoms with Gasteiger partial charge in [0.25, 0.3) is 5.91 Å². The number of nitrogens with one attached hydrogen (secondary N) is 1. The van der Waals surface area contributed by atoms with Crippen molar-refractivity contribution in [1.29, 1.82) is 0 Å². The largest absolute Gasteiger partial charge is 0.391 e. The Balaban J connectivity index is 1.85. The van der Waals surface area contributed by atoms with Gasteiger partial charge >= 0.3 is 0 Å². The van der Waals surface area contributed by atoms with Crippen molar-refractivity contribution in [2.45, 2.75) is 12.5 Å². The third-order valence-corrected chi connectivity index (χ3v) is 3.16. The van der Waals surface area contributed by atoms with E-state index in [1.54, 1.807) is 23.1 Å². The SMILES string of the molecule is O=C(c1cccc(-c2nn[nH]n2)c1)N1CC[C@H](O)C1. The number of H-pyrrole nitrogens is 1. The van der Waals surface area contributed by atoms with Crippen molar-refractivity contribution < 1.29 is 9.90 Å². The first-order valence-corrected chi connectivity index (χ1v) is 6.05. The molecule has 1 aromatic carbocycles. The van der Waals surface area contributed by atoms with Gasteiger partial charge in [-0.25, -0.2) is 0 Å². The average Bonchev–Trinajstić information content (AvgIpc) is 3.09. The van der Waals surface area contributed by atoms with Crippen molar-refractivity contribution in [2.75, 3.05) is 13.1 Å². The van der Waals surface area contributed by atoms with E-state index >= 15 is 0 Å². The highest BCUT2D eigenvalue weighted by atomic mass is 16.3. The van der Waals surface area contributed by atoms with E-state index in [9.17, 15) is 9.90 Å². The molecule has 3 rings (SSSR count). The van der Waals surface area contributed by atoms with Gasteiger partial charge in [0.1, 0.15) is 0 Å². The van der Waals surface area contributed by atoms with Crippen molar-refractivity contribution >= 4 is 5.91 Å². The summed E-state index contributed by atoms with van der Waals surface area (Å²) in [4.78, 5) is 13.9. The summed E-state index contributed by atoms with van der Waals surface area (Å²) < 4.78 is 0. The highest BCUT2D eigenvalue weighted by Crippen LogP contribution is 2.18. The number of hydrogen-bond acceptors (Lipinski definition) is 5. The molecule has 1 aromatic heterocycles. The summed E-state index contributed by atoms with van der Waals surface area (Å²) in [5.41, 5.74) is 1.30. The first-order valence-electron chi connectivity index (χ1n) is 6.05. The molecule has 0 unspecified atom stereocenters. The van der Waals surface area contributed by atoms with Crippen molar-refractivity contribution in [3.05, 3.63) is 29.8 Å². The molecular weight excluding hydrogens is 246 g/mol. The number of aliphatic hydroxyl groups is 1. The molecule has 0 aliphatic carbocycles. The summed E-state index contributed by atoms with van der Waals surface area (Å²) in [7, 11) is 0. The Labute approximate surface area is 109 Å². The van der Waals surface area contributed by atoms with Crippen LogP contribution in [0.25, 0.3) is 11.4 Å². The lowest BCUT2D eigenvalue weighted by molar-refractivity contribution is 0.0765. The predicted molar refractivity (Wildman–Crippen MR) is 66.1 cm³/mol. The van der Waals surface area contributed by atoms with Crippen molar-refractivity contribution in [3.63, 3.8) is 0 Å². The van der Waals surface area contributed by atoms with Crippen LogP contribution in [0.1, 0.15) is 16.8 Å². The van der Waals surface area contributed by atoms with E-state index in [4.69, 9.17) is 0 Å². The summed E-state index contributed by atoms with van der Waals surface area (Å²) in [6, 6.07) is 7.08. The molecule has 7 heteroatoms. The Bertz CT molecular complexity index is 584. The summed E-state index contributed by atoms with van der Waals surface area (Å²) in [6.45, 7) is 0.984. The van der Waals surface area contributed by atoms with Crippen LogP contribution in [0.4, 0.5) is 0 Å². The molecule has 0 radical (unpaired) electrons. The molecule has 98 valence electrons. The van der Waals surface area contributed by atoms with Crippen LogP contribution in [0.3, 0.4) is 0 Å². The number of aromatic amines is 1. The van der Waals surface area contributed by atoms with Gasteiger partial charge in [-0.2, -0.15) is 5.21 Å². The standard InChI is InChI=1S/C12H13N5O2/c18-10-4-5-17(7-10)12(19)9-3-1-2-8(6-9)11-13-15-16-14-11/h1-3,6,10,18H,4-5,7H2,(H,13,14,15,16)/t10-/m0/s1. The number of benzene rings is 1. The Hall–Kier alpha value is -2.28. The number of β-amino-alcohol motifs (C(OH)–C–C–N with tert-alkyl or cyclic N) is 1. The van der Waals surface area contributed by atoms with Crippen LogP contribution in [0, 0.1) is 0 Å². The van der Waals surface area contributed by atoms with E-state index in [1.807, 2.05) is 6.07 Å². The lowest BCUT2D eigenvalue weighted by atomic mass is 10.1. The van der Waals surface area contributed by atoms with E-state index in [2.05, 4.69) is 20.6 Å². The maximum absolute atomic E-state index is 12.3. The Morgan fingerprint density at radius 2 is 2.37 bits per heavy atom. The molecule has 7 nitrogen and oxygen atoms in total. The first kappa shape index (κ1) is 11.8. The zero-order chi connectivity index (χ0) is 13.2. The second-order valence-electron chi connectivity index (χ2n) is 4.51. The van der Waals surface area contributed by atoms with Gasteiger partial charge in [0.2, 0.25) is 5.82 Å². The second-order valence-corrected chi connectivity index (χ2v) is 4.51. The van der Waals surface area contributed by atoms with Crippen molar-refractivity contribution in [3.8, 4) is 11.4 Å². The Morgan fingerprint density at radius 3 is 3.05 bits per heavy atom. The number of likely N-dealkylation sites (tertiary alicyclic amines) is 1. The topological polar surface area (TPSA) is 95.0 Å². The third kappa shape index (κ3) is 2.32. The predicted octanol–water partition coefficient (Wildman–Crippen LogP) is 0.0735. The lowest BCUT2D eigenvalue weighted by Crippen LogP contribution is -2.29. The van der Waals surface area contributed by atoms with E-state index in [0.29, 0.717) is 30.9 Å². The molecule has 2 heterocycles. The number of aromatic nitrogens is 4. The van der Waals surface area contributed by atoms with E-state index in [-0.39, 0.29) is 5.91 Å². The van der Waals surface area contributed by atoms with Gasteiger partial charge in [-0.05, 0) is 23.8 Å². The number of carbonyl (C=O) groups is 1. The van der Waals surface area contributed by atoms with Crippen LogP contribution in [0.15, 0.2) is 24.3 Å². The van der Waals surface area contributed by atoms with Gasteiger partial charge in [-0.3, -0.25) is 4.79 Å². The minimum absolute atomic E-state index is 0.0816. The third-order valence-electron chi connectivity index (χ3n) is 3.16. The van der Waals surface area contributed by atoms with Gasteiger partial charge in [-0.1, -0.05) is 12.1 Å². The van der Waals surface area contributed by atoms with Gasteiger partial charge in [0, 0.05) is 24.2 Å². The molecule has 0 saturated carbocycles. The zero-order valence-corrected chi connectivity index (χ0v) is 10.2. The number of rotatable bonds is 2. The number of carbonyl (C=O) groups excluding carboxylic acids is 1.